The first-order valence-corrected chi connectivity index (χ1v) is 11.4. The van der Waals surface area contributed by atoms with Crippen LogP contribution in [0.4, 0.5) is 0 Å². The van der Waals surface area contributed by atoms with Gasteiger partial charge in [0.2, 0.25) is 5.78 Å². The molecule has 4 aliphatic rings. The van der Waals surface area contributed by atoms with Crippen molar-refractivity contribution in [2.45, 2.75) is 83.8 Å². The highest BCUT2D eigenvalue weighted by molar-refractivity contribution is 5.94. The van der Waals surface area contributed by atoms with Gasteiger partial charge in [0.05, 0.1) is 0 Å². The Bertz CT molecular complexity index is 827. The summed E-state index contributed by atoms with van der Waals surface area (Å²) in [6, 6.07) is 0. The summed E-state index contributed by atoms with van der Waals surface area (Å²) in [5, 5.41) is 11.7. The van der Waals surface area contributed by atoms with Gasteiger partial charge in [0, 0.05) is 17.9 Å². The fourth-order valence-electron chi connectivity index (χ4n) is 7.59. The molecular formula is C25H34O5. The highest BCUT2D eigenvalue weighted by Gasteiger charge is 2.66. The van der Waals surface area contributed by atoms with Crippen molar-refractivity contribution in [1.29, 1.82) is 0 Å². The third-order valence-corrected chi connectivity index (χ3v) is 9.35. The van der Waals surface area contributed by atoms with Gasteiger partial charge in [0.15, 0.2) is 11.9 Å². The van der Waals surface area contributed by atoms with Crippen molar-refractivity contribution in [2.75, 3.05) is 0 Å². The predicted molar refractivity (Wildman–Crippen MR) is 112 cm³/mol. The van der Waals surface area contributed by atoms with E-state index in [1.165, 1.54) is 5.57 Å². The summed E-state index contributed by atoms with van der Waals surface area (Å²) in [5.41, 5.74) is -0.598. The Morgan fingerprint density at radius 1 is 1.17 bits per heavy atom. The summed E-state index contributed by atoms with van der Waals surface area (Å²) in [6.07, 6.45) is 8.42. The molecule has 0 aromatic carbocycles. The van der Waals surface area contributed by atoms with Crippen molar-refractivity contribution in [2.24, 2.45) is 28.6 Å². The lowest BCUT2D eigenvalue weighted by Gasteiger charge is -2.59. The third-order valence-electron chi connectivity index (χ3n) is 9.35. The summed E-state index contributed by atoms with van der Waals surface area (Å²) in [6.45, 7) is 9.32. The second kappa shape index (κ2) is 7.15. The SMILES string of the molecule is C=CC(=O)OC(C)C(=O)[C@@]1(O)CC[C@H]2[C@@H]3CCC4=CC(=O)CC[C@]4(C)[C@H]3CC[C@@]21C. The standard InChI is InChI=1S/C25H34O5/c1-5-21(27)30-15(2)22(28)25(29)13-10-20-18-7-6-16-14-17(26)8-11-23(16,3)19(18)9-12-24(20,25)4/h5,14-15,18-20,29H,1,6-13H2,2-4H3/t15?,18-,19+,20+,23+,24+,25+/m1/s1. The fraction of sp³-hybridized carbons (Fsp3) is 0.720. The van der Waals surface area contributed by atoms with E-state index in [2.05, 4.69) is 20.4 Å². The Hall–Kier alpha value is -1.75. The van der Waals surface area contributed by atoms with Gasteiger partial charge < -0.3 is 9.84 Å². The maximum atomic E-state index is 13.3. The van der Waals surface area contributed by atoms with E-state index in [1.807, 2.05) is 6.08 Å². The monoisotopic (exact) mass is 414 g/mol. The van der Waals surface area contributed by atoms with Crippen molar-refractivity contribution >= 4 is 17.5 Å². The number of esters is 1. The van der Waals surface area contributed by atoms with Crippen LogP contribution >= 0.6 is 0 Å². The first kappa shape index (κ1) is 21.5. The number of aliphatic hydroxyl groups is 1. The van der Waals surface area contributed by atoms with Crippen molar-refractivity contribution in [3.8, 4) is 0 Å². The van der Waals surface area contributed by atoms with E-state index >= 15 is 0 Å². The van der Waals surface area contributed by atoms with E-state index < -0.39 is 23.1 Å². The number of ketones is 2. The lowest BCUT2D eigenvalue weighted by atomic mass is 9.46. The van der Waals surface area contributed by atoms with Crippen LogP contribution in [0.25, 0.3) is 0 Å². The Morgan fingerprint density at radius 2 is 1.87 bits per heavy atom. The topological polar surface area (TPSA) is 80.7 Å². The van der Waals surface area contributed by atoms with E-state index in [4.69, 9.17) is 4.74 Å². The van der Waals surface area contributed by atoms with Crippen LogP contribution in [0.3, 0.4) is 0 Å². The number of rotatable bonds is 4. The van der Waals surface area contributed by atoms with Gasteiger partial charge >= 0.3 is 5.97 Å². The summed E-state index contributed by atoms with van der Waals surface area (Å²) < 4.78 is 5.16. The van der Waals surface area contributed by atoms with Gasteiger partial charge in [0.1, 0.15) is 5.60 Å². The minimum atomic E-state index is -1.47. The van der Waals surface area contributed by atoms with E-state index in [0.717, 1.165) is 44.6 Å². The molecule has 4 aliphatic carbocycles. The number of Topliss-reactive ketones (excluding diaryl/α,β-unsaturated/α-hetero) is 1. The molecular weight excluding hydrogens is 380 g/mol. The van der Waals surface area contributed by atoms with E-state index in [-0.39, 0.29) is 22.9 Å². The Balaban J connectivity index is 1.60. The van der Waals surface area contributed by atoms with Crippen molar-refractivity contribution in [3.63, 3.8) is 0 Å². The largest absolute Gasteiger partial charge is 0.451 e. The maximum absolute atomic E-state index is 13.3. The van der Waals surface area contributed by atoms with Gasteiger partial charge in [-0.05, 0) is 81.1 Å². The molecule has 0 amide bonds. The number of allylic oxidation sites excluding steroid dienone is 1. The fourth-order valence-corrected chi connectivity index (χ4v) is 7.59. The number of carbonyl (C=O) groups is 3. The molecule has 5 heteroatoms. The zero-order chi connectivity index (χ0) is 21.9. The normalized spacial score (nSPS) is 43.5. The molecule has 3 fully saturated rings. The van der Waals surface area contributed by atoms with Gasteiger partial charge in [-0.3, -0.25) is 9.59 Å². The molecule has 0 radical (unpaired) electrons. The van der Waals surface area contributed by atoms with E-state index in [1.54, 1.807) is 6.92 Å². The molecule has 1 unspecified atom stereocenters. The average molecular weight is 415 g/mol. The van der Waals surface area contributed by atoms with Crippen LogP contribution in [0, 0.1) is 28.6 Å². The van der Waals surface area contributed by atoms with Gasteiger partial charge in [-0.2, -0.15) is 0 Å². The highest BCUT2D eigenvalue weighted by atomic mass is 16.5. The number of carbonyl (C=O) groups excluding carboxylic acids is 3. The molecule has 0 aromatic heterocycles. The molecule has 0 aromatic rings. The minimum Gasteiger partial charge on any atom is -0.451 e. The molecule has 164 valence electrons. The summed E-state index contributed by atoms with van der Waals surface area (Å²) in [5.74, 6) is 0.444. The van der Waals surface area contributed by atoms with Gasteiger partial charge in [-0.15, -0.1) is 0 Å². The number of ether oxygens (including phenoxy) is 1. The van der Waals surface area contributed by atoms with E-state index in [0.29, 0.717) is 24.7 Å². The first-order chi connectivity index (χ1) is 14.1. The Morgan fingerprint density at radius 3 is 2.57 bits per heavy atom. The summed E-state index contributed by atoms with van der Waals surface area (Å²) >= 11 is 0. The van der Waals surface area contributed by atoms with Crippen LogP contribution in [0.15, 0.2) is 24.3 Å². The van der Waals surface area contributed by atoms with Crippen molar-refractivity contribution < 1.29 is 24.2 Å². The molecule has 0 aliphatic heterocycles. The second-order valence-electron chi connectivity index (χ2n) is 10.5. The quantitative estimate of drug-likeness (QED) is 0.557. The number of hydrogen-bond acceptors (Lipinski definition) is 5. The zero-order valence-electron chi connectivity index (χ0n) is 18.4. The molecule has 0 bridgehead atoms. The maximum Gasteiger partial charge on any atom is 0.330 e. The molecule has 7 atom stereocenters. The predicted octanol–water partition coefficient (Wildman–Crippen LogP) is 3.94. The Kier molecular flexibility index (Phi) is 5.12. The highest BCUT2D eigenvalue weighted by Crippen LogP contribution is 2.67. The van der Waals surface area contributed by atoms with Crippen LogP contribution < -0.4 is 0 Å². The lowest BCUT2D eigenvalue weighted by molar-refractivity contribution is -0.174. The van der Waals surface area contributed by atoms with Crippen molar-refractivity contribution in [3.05, 3.63) is 24.3 Å². The lowest BCUT2D eigenvalue weighted by Crippen LogP contribution is -2.59. The number of fused-ring (bicyclic) bond motifs is 5. The van der Waals surface area contributed by atoms with Crippen LogP contribution in [0.5, 0.6) is 0 Å². The van der Waals surface area contributed by atoms with Crippen LogP contribution in [-0.2, 0) is 19.1 Å². The van der Waals surface area contributed by atoms with Crippen LogP contribution in [0.1, 0.15) is 72.1 Å². The van der Waals surface area contributed by atoms with Crippen LogP contribution in [0.2, 0.25) is 0 Å². The molecule has 0 saturated heterocycles. The molecule has 3 saturated carbocycles. The van der Waals surface area contributed by atoms with Crippen LogP contribution in [-0.4, -0.2) is 34.3 Å². The van der Waals surface area contributed by atoms with Gasteiger partial charge in [-0.25, -0.2) is 4.79 Å². The average Bonchev–Trinajstić information content (AvgIpc) is 2.99. The van der Waals surface area contributed by atoms with E-state index in [9.17, 15) is 19.5 Å². The smallest absolute Gasteiger partial charge is 0.330 e. The van der Waals surface area contributed by atoms with Gasteiger partial charge in [0.25, 0.3) is 0 Å². The summed E-state index contributed by atoms with van der Waals surface area (Å²) in [4.78, 5) is 36.8. The molecule has 30 heavy (non-hydrogen) atoms. The third kappa shape index (κ3) is 2.88. The first-order valence-electron chi connectivity index (χ1n) is 11.4. The summed E-state index contributed by atoms with van der Waals surface area (Å²) in [7, 11) is 0. The second-order valence-corrected chi connectivity index (χ2v) is 10.5. The van der Waals surface area contributed by atoms with Crippen molar-refractivity contribution in [1.82, 2.24) is 0 Å². The molecule has 1 N–H and O–H groups in total. The van der Waals surface area contributed by atoms with Gasteiger partial charge in [-0.1, -0.05) is 26.0 Å². The zero-order valence-corrected chi connectivity index (χ0v) is 18.4. The number of hydrogen-bond donors (Lipinski definition) is 1. The Labute approximate surface area is 178 Å². The molecule has 4 rings (SSSR count). The molecule has 0 heterocycles. The molecule has 0 spiro atoms. The minimum absolute atomic E-state index is 0.0651. The molecule has 5 nitrogen and oxygen atoms in total.